The number of ether oxygens (including phenoxy) is 1. The molecule has 1 aliphatic heterocycles. The zero-order valence-electron chi connectivity index (χ0n) is 25.5. The second kappa shape index (κ2) is 14.9. The van der Waals surface area contributed by atoms with Gasteiger partial charge in [0.1, 0.15) is 11.6 Å². The Hall–Kier alpha value is -3.87. The highest BCUT2D eigenvalue weighted by Gasteiger charge is 2.40. The molecule has 0 spiro atoms. The van der Waals surface area contributed by atoms with Gasteiger partial charge in [-0.3, -0.25) is 9.69 Å². The first-order chi connectivity index (χ1) is 21.4. The lowest BCUT2D eigenvalue weighted by atomic mass is 10.0. The van der Waals surface area contributed by atoms with Crippen molar-refractivity contribution in [2.45, 2.75) is 63.2 Å². The fraction of sp³-hybridized carbons (Fsp3) is 0.394. The van der Waals surface area contributed by atoms with E-state index < -0.39 is 51.9 Å². The molecule has 242 valence electrons. The number of benzene rings is 3. The van der Waals surface area contributed by atoms with Crippen LogP contribution in [0, 0.1) is 17.6 Å². The van der Waals surface area contributed by atoms with Crippen LogP contribution in [0.5, 0.6) is 0 Å². The van der Waals surface area contributed by atoms with E-state index in [0.717, 1.165) is 34.6 Å². The van der Waals surface area contributed by atoms with Crippen molar-refractivity contribution >= 4 is 27.7 Å². The molecular formula is C33H39F2N3O6S. The zero-order valence-corrected chi connectivity index (χ0v) is 26.3. The third-order valence-electron chi connectivity index (χ3n) is 7.97. The Morgan fingerprint density at radius 2 is 1.73 bits per heavy atom. The van der Waals surface area contributed by atoms with Crippen molar-refractivity contribution in [3.63, 3.8) is 0 Å². The van der Waals surface area contributed by atoms with Crippen LogP contribution >= 0.6 is 0 Å². The van der Waals surface area contributed by atoms with E-state index in [-0.39, 0.29) is 42.6 Å². The largest absolute Gasteiger partial charge is 0.434 e. The Bertz CT molecular complexity index is 1570. The normalized spacial score (nSPS) is 17.2. The number of carbonyl (C=O) groups excluding carboxylic acids is 2. The van der Waals surface area contributed by atoms with Gasteiger partial charge in [0.05, 0.1) is 29.3 Å². The lowest BCUT2D eigenvalue weighted by Crippen LogP contribution is -2.53. The number of sulfonamides is 1. The van der Waals surface area contributed by atoms with E-state index in [9.17, 15) is 31.9 Å². The summed E-state index contributed by atoms with van der Waals surface area (Å²) in [5.41, 5.74) is 1.52. The minimum absolute atomic E-state index is 0.0141. The number of carbonyl (C=O) groups is 2. The third kappa shape index (κ3) is 8.44. The van der Waals surface area contributed by atoms with Crippen LogP contribution in [0.2, 0.25) is 0 Å². The molecule has 0 radical (unpaired) electrons. The number of hydrogen-bond acceptors (Lipinski definition) is 6. The Morgan fingerprint density at radius 1 is 1.04 bits per heavy atom. The first kappa shape index (κ1) is 34.0. The maximum absolute atomic E-state index is 14.4. The highest BCUT2D eigenvalue weighted by atomic mass is 32.2. The van der Waals surface area contributed by atoms with Crippen LogP contribution in [0.15, 0.2) is 77.7 Å². The number of aliphatic hydroxyl groups excluding tert-OH is 1. The average molecular weight is 644 g/mol. The number of rotatable bonds is 14. The number of nitrogens with zero attached hydrogens (tertiary/aromatic N) is 2. The van der Waals surface area contributed by atoms with Gasteiger partial charge in [0, 0.05) is 19.2 Å². The summed E-state index contributed by atoms with van der Waals surface area (Å²) in [6.45, 7) is 5.34. The van der Waals surface area contributed by atoms with Gasteiger partial charge in [-0.05, 0) is 54.2 Å². The van der Waals surface area contributed by atoms with Crippen LogP contribution in [0.25, 0.3) is 0 Å². The van der Waals surface area contributed by atoms with Crippen molar-refractivity contribution in [2.24, 2.45) is 5.92 Å². The minimum Gasteiger partial charge on any atom is -0.434 e. The number of amides is 2. The van der Waals surface area contributed by atoms with Gasteiger partial charge in [0.25, 0.3) is 5.91 Å². The van der Waals surface area contributed by atoms with E-state index in [1.165, 1.54) is 4.31 Å². The summed E-state index contributed by atoms with van der Waals surface area (Å²) in [6, 6.07) is 17.4. The first-order valence-electron chi connectivity index (χ1n) is 15.0. The Balaban J connectivity index is 1.56. The molecule has 9 nitrogen and oxygen atoms in total. The number of anilines is 1. The monoisotopic (exact) mass is 643 g/mol. The van der Waals surface area contributed by atoms with Crippen LogP contribution in [0.4, 0.5) is 19.3 Å². The first-order valence-corrected chi connectivity index (χ1v) is 16.4. The van der Waals surface area contributed by atoms with Crippen molar-refractivity contribution in [3.8, 4) is 0 Å². The molecule has 3 aromatic rings. The summed E-state index contributed by atoms with van der Waals surface area (Å²) in [4.78, 5) is 26.9. The molecule has 1 aliphatic rings. The van der Waals surface area contributed by atoms with Crippen molar-refractivity contribution in [1.82, 2.24) is 9.62 Å². The molecule has 1 fully saturated rings. The zero-order chi connectivity index (χ0) is 32.7. The third-order valence-corrected chi connectivity index (χ3v) is 9.81. The molecule has 0 aromatic heterocycles. The van der Waals surface area contributed by atoms with Crippen molar-refractivity contribution < 1.29 is 36.6 Å². The molecule has 4 rings (SSSR count). The van der Waals surface area contributed by atoms with Gasteiger partial charge in [-0.1, -0.05) is 69.7 Å². The van der Waals surface area contributed by atoms with Gasteiger partial charge in [-0.15, -0.1) is 0 Å². The molecule has 45 heavy (non-hydrogen) atoms. The maximum Gasteiger partial charge on any atom is 0.415 e. The number of aliphatic hydroxyl groups is 1. The Labute approximate surface area is 262 Å². The Kier molecular flexibility index (Phi) is 11.3. The fourth-order valence-electron chi connectivity index (χ4n) is 5.05. The standard InChI is InChI=1S/C33H39F2N3O6S/c1-4-22(3)19-37(45(42,43)26-14-11-23(5-2)12-15-26)20-30(39)28(17-24-9-7-6-8-10-24)36-32(40)31-21-38(33(41)44-31)29-16-13-25(34)18-27(29)35/h6-16,18,22,28,30-31,39H,4-5,17,19-21H2,1-3H3,(H,36,40)/t22-,28-,30+,31-/m0/s1. The van der Waals surface area contributed by atoms with Crippen LogP contribution in [-0.4, -0.2) is 67.7 Å². The molecule has 3 aromatic carbocycles. The van der Waals surface area contributed by atoms with E-state index in [2.05, 4.69) is 5.32 Å². The lowest BCUT2D eigenvalue weighted by Gasteiger charge is -2.31. The summed E-state index contributed by atoms with van der Waals surface area (Å²) in [5, 5.41) is 14.3. The molecule has 0 bridgehead atoms. The maximum atomic E-state index is 14.4. The van der Waals surface area contributed by atoms with Gasteiger partial charge >= 0.3 is 6.09 Å². The summed E-state index contributed by atoms with van der Waals surface area (Å²) in [6.07, 6.45) is -2.09. The van der Waals surface area contributed by atoms with E-state index in [4.69, 9.17) is 4.74 Å². The van der Waals surface area contributed by atoms with Crippen LogP contribution in [0.1, 0.15) is 38.3 Å². The SMILES string of the molecule is CCc1ccc(S(=O)(=O)N(C[C@@H](C)CC)C[C@@H](O)[C@H](Cc2ccccc2)NC(=O)[C@@H]2CN(c3ccc(F)cc3F)C(=O)O2)cc1. The summed E-state index contributed by atoms with van der Waals surface area (Å²) < 4.78 is 61.8. The van der Waals surface area contributed by atoms with Gasteiger partial charge < -0.3 is 15.2 Å². The Morgan fingerprint density at radius 3 is 2.36 bits per heavy atom. The quantitative estimate of drug-likeness (QED) is 0.264. The summed E-state index contributed by atoms with van der Waals surface area (Å²) in [7, 11) is -4.01. The van der Waals surface area contributed by atoms with Crippen molar-refractivity contribution in [1.29, 1.82) is 0 Å². The topological polar surface area (TPSA) is 116 Å². The number of cyclic esters (lactones) is 1. The van der Waals surface area contributed by atoms with Gasteiger partial charge in [-0.25, -0.2) is 22.0 Å². The van der Waals surface area contributed by atoms with Crippen LogP contribution in [-0.2, 0) is 32.4 Å². The number of halogens is 2. The molecule has 2 N–H and O–H groups in total. The highest BCUT2D eigenvalue weighted by Crippen LogP contribution is 2.26. The molecule has 1 heterocycles. The van der Waals surface area contributed by atoms with Gasteiger partial charge in [0.15, 0.2) is 6.10 Å². The van der Waals surface area contributed by atoms with E-state index in [1.54, 1.807) is 36.4 Å². The van der Waals surface area contributed by atoms with E-state index in [1.807, 2.05) is 39.0 Å². The molecule has 0 unspecified atom stereocenters. The summed E-state index contributed by atoms with van der Waals surface area (Å²) >= 11 is 0. The number of aryl methyl sites for hydroxylation is 1. The fourth-order valence-corrected chi connectivity index (χ4v) is 6.63. The lowest BCUT2D eigenvalue weighted by molar-refractivity contribution is -0.129. The molecule has 12 heteroatoms. The minimum atomic E-state index is -4.01. The molecule has 1 saturated heterocycles. The molecule has 4 atom stereocenters. The van der Waals surface area contributed by atoms with E-state index in [0.29, 0.717) is 12.5 Å². The van der Waals surface area contributed by atoms with Crippen LogP contribution < -0.4 is 10.2 Å². The van der Waals surface area contributed by atoms with Gasteiger partial charge in [0.2, 0.25) is 10.0 Å². The molecule has 0 aliphatic carbocycles. The molecule has 0 saturated carbocycles. The van der Waals surface area contributed by atoms with Crippen molar-refractivity contribution in [2.75, 3.05) is 24.5 Å². The smallest absolute Gasteiger partial charge is 0.415 e. The molecule has 2 amide bonds. The predicted octanol–water partition coefficient (Wildman–Crippen LogP) is 4.68. The second-order valence-electron chi connectivity index (χ2n) is 11.3. The second-order valence-corrected chi connectivity index (χ2v) is 13.2. The highest BCUT2D eigenvalue weighted by molar-refractivity contribution is 7.89. The van der Waals surface area contributed by atoms with Crippen LogP contribution in [0.3, 0.4) is 0 Å². The molecular weight excluding hydrogens is 604 g/mol. The predicted molar refractivity (Wildman–Crippen MR) is 166 cm³/mol. The summed E-state index contributed by atoms with van der Waals surface area (Å²) in [5.74, 6) is -2.57. The van der Waals surface area contributed by atoms with Gasteiger partial charge in [-0.2, -0.15) is 4.31 Å². The van der Waals surface area contributed by atoms with E-state index >= 15 is 0 Å². The average Bonchev–Trinajstić information content (AvgIpc) is 3.41. The van der Waals surface area contributed by atoms with Crippen molar-refractivity contribution in [3.05, 3.63) is 95.6 Å². The number of hydrogen-bond donors (Lipinski definition) is 2. The number of nitrogens with one attached hydrogen (secondary N) is 1.